The highest BCUT2D eigenvalue weighted by Crippen LogP contribution is 2.38. The van der Waals surface area contributed by atoms with Crippen LogP contribution >= 0.6 is 0 Å². The third kappa shape index (κ3) is 4.40. The first kappa shape index (κ1) is 20.0. The van der Waals surface area contributed by atoms with Crippen LogP contribution in [0.3, 0.4) is 0 Å². The first-order chi connectivity index (χ1) is 14.1. The summed E-state index contributed by atoms with van der Waals surface area (Å²) in [6.07, 6.45) is 0. The second-order valence-electron chi connectivity index (χ2n) is 6.00. The molecule has 3 rings (SSSR count). The van der Waals surface area contributed by atoms with Gasteiger partial charge in [-0.3, -0.25) is 9.89 Å². The number of benzene rings is 2. The Morgan fingerprint density at radius 3 is 2.38 bits per heavy atom. The Hall–Kier alpha value is -3.75. The molecule has 1 heterocycles. The second-order valence-corrected chi connectivity index (χ2v) is 6.00. The number of ether oxygens (including phenoxy) is 4. The number of amides is 1. The van der Waals surface area contributed by atoms with Crippen LogP contribution in [0.4, 0.5) is 0 Å². The molecular formula is C20H21N3O6. The van der Waals surface area contributed by atoms with Crippen molar-refractivity contribution in [3.05, 3.63) is 47.7 Å². The largest absolute Gasteiger partial charge is 0.493 e. The van der Waals surface area contributed by atoms with Gasteiger partial charge in [0, 0.05) is 11.9 Å². The van der Waals surface area contributed by atoms with E-state index in [1.807, 2.05) is 6.07 Å². The molecule has 0 spiro atoms. The maximum atomic E-state index is 12.2. The molecule has 9 nitrogen and oxygen atoms in total. The summed E-state index contributed by atoms with van der Waals surface area (Å²) in [6, 6.07) is 10.6. The summed E-state index contributed by atoms with van der Waals surface area (Å²) in [5.41, 5.74) is 1.59. The summed E-state index contributed by atoms with van der Waals surface area (Å²) in [6.45, 7) is -0.233. The van der Waals surface area contributed by atoms with Gasteiger partial charge in [-0.05, 0) is 23.8 Å². The van der Waals surface area contributed by atoms with Gasteiger partial charge in [0.2, 0.25) is 5.75 Å². The smallest absolute Gasteiger partial charge is 0.359 e. The molecule has 0 saturated heterocycles. The number of nitrogens with zero attached hydrogens (tertiary/aromatic N) is 1. The van der Waals surface area contributed by atoms with Crippen LogP contribution in [-0.2, 0) is 16.1 Å². The number of aromatic amines is 1. The number of hydrogen-bond acceptors (Lipinski definition) is 7. The van der Waals surface area contributed by atoms with E-state index >= 15 is 0 Å². The molecule has 0 bridgehead atoms. The number of fused-ring (bicyclic) bond motifs is 1. The Labute approximate surface area is 166 Å². The minimum Gasteiger partial charge on any atom is -0.493 e. The van der Waals surface area contributed by atoms with Crippen molar-refractivity contribution in [1.82, 2.24) is 15.5 Å². The van der Waals surface area contributed by atoms with E-state index < -0.39 is 18.5 Å². The molecule has 0 fully saturated rings. The molecule has 3 aromatic rings. The van der Waals surface area contributed by atoms with Crippen LogP contribution in [0.25, 0.3) is 10.9 Å². The average molecular weight is 399 g/mol. The van der Waals surface area contributed by atoms with Crippen LogP contribution in [0.1, 0.15) is 16.1 Å². The van der Waals surface area contributed by atoms with Crippen LogP contribution in [0.15, 0.2) is 36.4 Å². The number of H-pyrrole nitrogens is 1. The minimum atomic E-state index is -0.676. The van der Waals surface area contributed by atoms with E-state index in [0.29, 0.717) is 28.2 Å². The lowest BCUT2D eigenvalue weighted by Gasteiger charge is -2.14. The quantitative estimate of drug-likeness (QED) is 0.558. The number of hydrogen-bond donors (Lipinski definition) is 2. The van der Waals surface area contributed by atoms with E-state index in [-0.39, 0.29) is 12.2 Å². The van der Waals surface area contributed by atoms with E-state index in [9.17, 15) is 9.59 Å². The predicted octanol–water partition coefficient (Wildman–Crippen LogP) is 2.06. The third-order valence-corrected chi connectivity index (χ3v) is 4.21. The Balaban J connectivity index is 1.58. The highest BCUT2D eigenvalue weighted by Gasteiger charge is 2.17. The SMILES string of the molecule is COc1cc(CNC(=O)COC(=O)c2n[nH]c3ccccc23)cc(OC)c1OC. The molecule has 0 radical (unpaired) electrons. The van der Waals surface area contributed by atoms with Crippen LogP contribution < -0.4 is 19.5 Å². The second kappa shape index (κ2) is 8.96. The molecular weight excluding hydrogens is 378 g/mol. The van der Waals surface area contributed by atoms with E-state index in [2.05, 4.69) is 15.5 Å². The fourth-order valence-electron chi connectivity index (χ4n) is 2.81. The third-order valence-electron chi connectivity index (χ3n) is 4.21. The van der Waals surface area contributed by atoms with Gasteiger partial charge < -0.3 is 24.3 Å². The maximum Gasteiger partial charge on any atom is 0.359 e. The van der Waals surface area contributed by atoms with Crippen molar-refractivity contribution in [3.63, 3.8) is 0 Å². The zero-order chi connectivity index (χ0) is 20.8. The molecule has 2 aromatic carbocycles. The van der Waals surface area contributed by atoms with Gasteiger partial charge in [0.1, 0.15) is 0 Å². The van der Waals surface area contributed by atoms with Gasteiger partial charge in [-0.15, -0.1) is 0 Å². The number of para-hydroxylation sites is 1. The molecule has 9 heteroatoms. The Bertz CT molecular complexity index is 1000. The van der Waals surface area contributed by atoms with E-state index in [1.54, 1.807) is 30.3 Å². The molecule has 2 N–H and O–H groups in total. The molecule has 29 heavy (non-hydrogen) atoms. The normalized spacial score (nSPS) is 10.4. The Kier molecular flexibility index (Phi) is 6.18. The topological polar surface area (TPSA) is 112 Å². The summed E-state index contributed by atoms with van der Waals surface area (Å²) in [5, 5.41) is 10.0. The van der Waals surface area contributed by atoms with E-state index in [1.165, 1.54) is 21.3 Å². The highest BCUT2D eigenvalue weighted by atomic mass is 16.5. The van der Waals surface area contributed by atoms with Gasteiger partial charge in [-0.25, -0.2) is 4.79 Å². The van der Waals surface area contributed by atoms with Crippen molar-refractivity contribution in [3.8, 4) is 17.2 Å². The standard InChI is InChI=1S/C20H21N3O6/c1-26-15-8-12(9-16(27-2)19(15)28-3)10-21-17(24)11-29-20(25)18-13-6-4-5-7-14(13)22-23-18/h4-9H,10-11H2,1-3H3,(H,21,24)(H,22,23). The maximum absolute atomic E-state index is 12.2. The van der Waals surface area contributed by atoms with Gasteiger partial charge >= 0.3 is 5.97 Å². The molecule has 0 saturated carbocycles. The number of nitrogens with one attached hydrogen (secondary N) is 2. The first-order valence-electron chi connectivity index (χ1n) is 8.73. The van der Waals surface area contributed by atoms with Gasteiger partial charge in [-0.1, -0.05) is 18.2 Å². The summed E-state index contributed by atoms with van der Waals surface area (Å²) < 4.78 is 20.9. The zero-order valence-electron chi connectivity index (χ0n) is 16.3. The van der Waals surface area contributed by atoms with Gasteiger partial charge in [0.25, 0.3) is 5.91 Å². The average Bonchev–Trinajstić information content (AvgIpc) is 3.19. The monoisotopic (exact) mass is 399 g/mol. The molecule has 0 aliphatic carbocycles. The number of aromatic nitrogens is 2. The van der Waals surface area contributed by atoms with E-state index in [0.717, 1.165) is 5.56 Å². The predicted molar refractivity (Wildman–Crippen MR) is 104 cm³/mol. The zero-order valence-corrected chi connectivity index (χ0v) is 16.3. The Morgan fingerprint density at radius 1 is 1.03 bits per heavy atom. The summed E-state index contributed by atoms with van der Waals surface area (Å²) in [5.74, 6) is 0.295. The van der Waals surface area contributed by atoms with Gasteiger partial charge in [0.15, 0.2) is 23.8 Å². The van der Waals surface area contributed by atoms with Crippen LogP contribution in [0.5, 0.6) is 17.2 Å². The van der Waals surface area contributed by atoms with Crippen molar-refractivity contribution >= 4 is 22.8 Å². The fourth-order valence-corrected chi connectivity index (χ4v) is 2.81. The lowest BCUT2D eigenvalue weighted by atomic mass is 10.1. The van der Waals surface area contributed by atoms with E-state index in [4.69, 9.17) is 18.9 Å². The first-order valence-corrected chi connectivity index (χ1v) is 8.73. The number of carbonyl (C=O) groups is 2. The van der Waals surface area contributed by atoms with Crippen LogP contribution in [-0.4, -0.2) is 50.0 Å². The summed E-state index contributed by atoms with van der Waals surface area (Å²) in [7, 11) is 4.54. The lowest BCUT2D eigenvalue weighted by Crippen LogP contribution is -2.28. The van der Waals surface area contributed by atoms with Gasteiger partial charge in [-0.2, -0.15) is 5.10 Å². The molecule has 152 valence electrons. The number of carbonyl (C=O) groups excluding carboxylic acids is 2. The summed E-state index contributed by atoms with van der Waals surface area (Å²) >= 11 is 0. The lowest BCUT2D eigenvalue weighted by molar-refractivity contribution is -0.124. The van der Waals surface area contributed by atoms with Crippen molar-refractivity contribution < 1.29 is 28.5 Å². The van der Waals surface area contributed by atoms with Crippen LogP contribution in [0.2, 0.25) is 0 Å². The Morgan fingerprint density at radius 2 is 1.72 bits per heavy atom. The number of rotatable bonds is 8. The molecule has 0 unspecified atom stereocenters. The molecule has 0 aliphatic rings. The molecule has 0 aliphatic heterocycles. The van der Waals surface area contributed by atoms with Crippen LogP contribution in [0, 0.1) is 0 Å². The number of esters is 1. The molecule has 1 aromatic heterocycles. The molecule has 1 amide bonds. The van der Waals surface area contributed by atoms with Crippen molar-refractivity contribution in [2.45, 2.75) is 6.54 Å². The van der Waals surface area contributed by atoms with Crippen molar-refractivity contribution in [1.29, 1.82) is 0 Å². The molecule has 0 atom stereocenters. The van der Waals surface area contributed by atoms with Gasteiger partial charge in [0.05, 0.1) is 26.8 Å². The number of methoxy groups -OCH3 is 3. The van der Waals surface area contributed by atoms with Crippen molar-refractivity contribution in [2.75, 3.05) is 27.9 Å². The summed E-state index contributed by atoms with van der Waals surface area (Å²) in [4.78, 5) is 24.3. The fraction of sp³-hybridized carbons (Fsp3) is 0.250. The highest BCUT2D eigenvalue weighted by molar-refractivity contribution is 6.02. The minimum absolute atomic E-state index is 0.137. The van der Waals surface area contributed by atoms with Crippen molar-refractivity contribution in [2.24, 2.45) is 0 Å².